The molecule has 0 heterocycles. The molecule has 0 saturated heterocycles. The second-order valence-corrected chi connectivity index (χ2v) is 5.16. The Kier molecular flexibility index (Phi) is 5.49. The quantitative estimate of drug-likeness (QED) is 0.716. The molecule has 1 aromatic carbocycles. The number of carbonyl (C=O) groups excluding carboxylic acids is 1. The van der Waals surface area contributed by atoms with Crippen LogP contribution in [0.1, 0.15) is 25.7 Å². The number of hydrogen-bond donors (Lipinski definition) is 2. The van der Waals surface area contributed by atoms with Gasteiger partial charge in [0.25, 0.3) is 0 Å². The number of rotatable bonds is 8. The molecule has 2 rings (SSSR count). The molecule has 0 atom stereocenters. The summed E-state index contributed by atoms with van der Waals surface area (Å²) in [4.78, 5) is 14.1. The molecule has 5 heteroatoms. The van der Waals surface area contributed by atoms with Gasteiger partial charge in [-0.2, -0.15) is 0 Å². The third-order valence-corrected chi connectivity index (χ3v) is 3.41. The van der Waals surface area contributed by atoms with Crippen molar-refractivity contribution in [2.75, 3.05) is 25.0 Å². The van der Waals surface area contributed by atoms with Crippen LogP contribution in [0, 0.1) is 5.82 Å². The van der Waals surface area contributed by atoms with E-state index in [0.29, 0.717) is 6.04 Å². The van der Waals surface area contributed by atoms with Gasteiger partial charge in [-0.3, -0.25) is 9.69 Å². The van der Waals surface area contributed by atoms with E-state index in [0.717, 1.165) is 32.2 Å². The second-order valence-electron chi connectivity index (χ2n) is 5.16. The molecule has 1 aliphatic carbocycles. The van der Waals surface area contributed by atoms with E-state index in [4.69, 9.17) is 5.11 Å². The molecule has 0 unspecified atom stereocenters. The summed E-state index contributed by atoms with van der Waals surface area (Å²) >= 11 is 0. The summed E-state index contributed by atoms with van der Waals surface area (Å²) in [5.41, 5.74) is 0.226. The number of hydrogen-bond acceptors (Lipinski definition) is 3. The summed E-state index contributed by atoms with van der Waals surface area (Å²) < 4.78 is 13.5. The number of para-hydroxylation sites is 1. The Labute approximate surface area is 118 Å². The number of aliphatic hydroxyl groups excluding tert-OH is 1. The van der Waals surface area contributed by atoms with Crippen molar-refractivity contribution in [1.82, 2.24) is 4.90 Å². The van der Waals surface area contributed by atoms with Crippen molar-refractivity contribution in [3.63, 3.8) is 0 Å². The van der Waals surface area contributed by atoms with Gasteiger partial charge in [0.05, 0.1) is 12.2 Å². The molecule has 4 nitrogen and oxygen atoms in total. The van der Waals surface area contributed by atoms with Crippen LogP contribution >= 0.6 is 0 Å². The van der Waals surface area contributed by atoms with Crippen LogP contribution in [-0.4, -0.2) is 41.7 Å². The van der Waals surface area contributed by atoms with Gasteiger partial charge in [0.2, 0.25) is 5.91 Å². The van der Waals surface area contributed by atoms with E-state index in [1.807, 2.05) is 0 Å². The number of nitrogens with zero attached hydrogens (tertiary/aromatic N) is 1. The molecule has 1 saturated carbocycles. The molecule has 110 valence electrons. The highest BCUT2D eigenvalue weighted by atomic mass is 19.1. The second kappa shape index (κ2) is 7.36. The van der Waals surface area contributed by atoms with Gasteiger partial charge in [0, 0.05) is 12.6 Å². The summed E-state index contributed by atoms with van der Waals surface area (Å²) in [6, 6.07) is 6.64. The standard InChI is InChI=1S/C15H21FN2O2/c16-13-5-1-2-6-14(13)17-15(20)11-18(12-7-8-12)9-3-4-10-19/h1-2,5-6,12,19H,3-4,7-11H2,(H,17,20). The molecule has 2 N–H and O–H groups in total. The lowest BCUT2D eigenvalue weighted by molar-refractivity contribution is -0.117. The number of anilines is 1. The number of halogens is 1. The molecule has 1 fully saturated rings. The molecule has 1 amide bonds. The predicted octanol–water partition coefficient (Wildman–Crippen LogP) is 2.00. The fourth-order valence-electron chi connectivity index (χ4n) is 2.19. The van der Waals surface area contributed by atoms with E-state index in [2.05, 4.69) is 10.2 Å². The molecule has 0 aliphatic heterocycles. The van der Waals surface area contributed by atoms with Gasteiger partial charge in [-0.05, 0) is 44.4 Å². The first kappa shape index (κ1) is 14.9. The number of carbonyl (C=O) groups is 1. The van der Waals surface area contributed by atoms with E-state index in [9.17, 15) is 9.18 Å². The van der Waals surface area contributed by atoms with Gasteiger partial charge in [-0.1, -0.05) is 12.1 Å². The number of aliphatic hydroxyl groups is 1. The zero-order valence-electron chi connectivity index (χ0n) is 11.5. The SMILES string of the molecule is O=C(CN(CCCCO)C1CC1)Nc1ccccc1F. The maximum atomic E-state index is 13.5. The average molecular weight is 280 g/mol. The number of benzene rings is 1. The zero-order chi connectivity index (χ0) is 14.4. The van der Waals surface area contributed by atoms with E-state index in [1.165, 1.54) is 6.07 Å². The van der Waals surface area contributed by atoms with Crippen LogP contribution in [0.2, 0.25) is 0 Å². The average Bonchev–Trinajstić information content (AvgIpc) is 3.25. The van der Waals surface area contributed by atoms with Crippen LogP contribution in [0.4, 0.5) is 10.1 Å². The molecule has 20 heavy (non-hydrogen) atoms. The minimum Gasteiger partial charge on any atom is -0.396 e. The molecule has 0 bridgehead atoms. The zero-order valence-corrected chi connectivity index (χ0v) is 11.5. The highest BCUT2D eigenvalue weighted by Crippen LogP contribution is 2.27. The summed E-state index contributed by atoms with van der Waals surface area (Å²) in [5.74, 6) is -0.606. The molecule has 0 spiro atoms. The van der Waals surface area contributed by atoms with Crippen LogP contribution in [0.25, 0.3) is 0 Å². The van der Waals surface area contributed by atoms with Crippen molar-refractivity contribution in [3.8, 4) is 0 Å². The van der Waals surface area contributed by atoms with Crippen molar-refractivity contribution in [2.45, 2.75) is 31.7 Å². The number of unbranched alkanes of at least 4 members (excludes halogenated alkanes) is 1. The smallest absolute Gasteiger partial charge is 0.238 e. The van der Waals surface area contributed by atoms with Crippen molar-refractivity contribution >= 4 is 11.6 Å². The minimum atomic E-state index is -0.417. The van der Waals surface area contributed by atoms with Crippen LogP contribution in [0.3, 0.4) is 0 Å². The highest BCUT2D eigenvalue weighted by Gasteiger charge is 2.29. The fourth-order valence-corrected chi connectivity index (χ4v) is 2.19. The van der Waals surface area contributed by atoms with Crippen LogP contribution in [0.15, 0.2) is 24.3 Å². The summed E-state index contributed by atoms with van der Waals surface area (Å²) in [5, 5.41) is 11.4. The van der Waals surface area contributed by atoms with E-state index >= 15 is 0 Å². The summed E-state index contributed by atoms with van der Waals surface area (Å²) in [7, 11) is 0. The van der Waals surface area contributed by atoms with Crippen LogP contribution in [0.5, 0.6) is 0 Å². The predicted molar refractivity (Wildman–Crippen MR) is 75.9 cm³/mol. The molecule has 1 aliphatic rings. The Morgan fingerprint density at radius 1 is 1.35 bits per heavy atom. The first-order valence-electron chi connectivity index (χ1n) is 7.10. The molecule has 0 radical (unpaired) electrons. The normalized spacial score (nSPS) is 14.6. The minimum absolute atomic E-state index is 0.180. The van der Waals surface area contributed by atoms with Gasteiger partial charge >= 0.3 is 0 Å². The Morgan fingerprint density at radius 3 is 2.75 bits per heavy atom. The molecular formula is C15H21FN2O2. The number of nitrogens with one attached hydrogen (secondary N) is 1. The highest BCUT2D eigenvalue weighted by molar-refractivity contribution is 5.92. The van der Waals surface area contributed by atoms with Crippen molar-refractivity contribution < 1.29 is 14.3 Å². The molecule has 1 aromatic rings. The van der Waals surface area contributed by atoms with Gasteiger partial charge in [0.15, 0.2) is 0 Å². The molecular weight excluding hydrogens is 259 g/mol. The monoisotopic (exact) mass is 280 g/mol. The Bertz CT molecular complexity index is 449. The lowest BCUT2D eigenvalue weighted by atomic mass is 10.2. The summed E-state index contributed by atoms with van der Waals surface area (Å²) in [6.07, 6.45) is 3.86. The first-order valence-corrected chi connectivity index (χ1v) is 7.10. The Balaban J connectivity index is 1.83. The van der Waals surface area contributed by atoms with Gasteiger partial charge in [-0.15, -0.1) is 0 Å². The van der Waals surface area contributed by atoms with Gasteiger partial charge in [-0.25, -0.2) is 4.39 Å². The third kappa shape index (κ3) is 4.58. The van der Waals surface area contributed by atoms with Crippen LogP contribution in [-0.2, 0) is 4.79 Å². The van der Waals surface area contributed by atoms with Crippen LogP contribution < -0.4 is 5.32 Å². The maximum absolute atomic E-state index is 13.5. The Morgan fingerprint density at radius 2 is 2.10 bits per heavy atom. The lowest BCUT2D eigenvalue weighted by Crippen LogP contribution is -2.35. The van der Waals surface area contributed by atoms with Gasteiger partial charge in [0.1, 0.15) is 5.82 Å². The van der Waals surface area contributed by atoms with E-state index in [1.54, 1.807) is 18.2 Å². The number of amides is 1. The van der Waals surface area contributed by atoms with Gasteiger partial charge < -0.3 is 10.4 Å². The summed E-state index contributed by atoms with van der Waals surface area (Å²) in [6.45, 7) is 1.26. The third-order valence-electron chi connectivity index (χ3n) is 3.41. The molecule has 0 aromatic heterocycles. The topological polar surface area (TPSA) is 52.6 Å². The maximum Gasteiger partial charge on any atom is 0.238 e. The van der Waals surface area contributed by atoms with E-state index < -0.39 is 5.82 Å². The van der Waals surface area contributed by atoms with Crippen molar-refractivity contribution in [1.29, 1.82) is 0 Å². The van der Waals surface area contributed by atoms with E-state index in [-0.39, 0.29) is 24.7 Å². The van der Waals surface area contributed by atoms with Crippen molar-refractivity contribution in [2.24, 2.45) is 0 Å². The largest absolute Gasteiger partial charge is 0.396 e. The lowest BCUT2D eigenvalue weighted by Gasteiger charge is -2.21. The Hall–Kier alpha value is -1.46. The first-order chi connectivity index (χ1) is 9.70. The fraction of sp³-hybridized carbons (Fsp3) is 0.533. The van der Waals surface area contributed by atoms with Crippen molar-refractivity contribution in [3.05, 3.63) is 30.1 Å².